The van der Waals surface area contributed by atoms with Gasteiger partial charge in [-0.25, -0.2) is 0 Å². The zero-order chi connectivity index (χ0) is 76.6. The van der Waals surface area contributed by atoms with E-state index in [9.17, 15) is 40.3 Å². The molecule has 2 aromatic heterocycles. The number of nitrogens with one attached hydrogen (secondary N) is 3. The third-order valence-corrected chi connectivity index (χ3v) is 15.4. The summed E-state index contributed by atoms with van der Waals surface area (Å²) in [6.07, 6.45) is 14.6. The van der Waals surface area contributed by atoms with E-state index < -0.39 is 69.5 Å². The molecule has 0 aliphatic carbocycles. The van der Waals surface area contributed by atoms with Crippen molar-refractivity contribution in [2.45, 2.75) is 157 Å². The van der Waals surface area contributed by atoms with Crippen LogP contribution in [-0.2, 0) is 84.4 Å². The molecule has 0 saturated carbocycles. The smallest absolute Gasteiger partial charge is 0.425 e. The minimum atomic E-state index is -4.26. The molecule has 5 N–H and O–H groups in total. The van der Waals surface area contributed by atoms with Crippen LogP contribution in [0.2, 0.25) is 0 Å². The number of ketones is 1. The Hall–Kier alpha value is -8.41. The highest BCUT2D eigenvalue weighted by molar-refractivity contribution is 7.86. The van der Waals surface area contributed by atoms with Crippen molar-refractivity contribution in [3.05, 3.63) is 82.4 Å². The number of unbranched alkanes of at least 4 members (excludes halogenated alkanes) is 3. The van der Waals surface area contributed by atoms with Gasteiger partial charge in [0.2, 0.25) is 11.5 Å². The van der Waals surface area contributed by atoms with Crippen LogP contribution < -0.4 is 53.8 Å². The molecular formula is C63H95N9O26S5. The molecule has 103 heavy (non-hydrogen) atoms. The van der Waals surface area contributed by atoms with E-state index in [-0.39, 0.29) is 73.7 Å². The van der Waals surface area contributed by atoms with Gasteiger partial charge in [0, 0.05) is 60.8 Å². The summed E-state index contributed by atoms with van der Waals surface area (Å²) in [5.74, 6) is 1.12. The molecule has 0 fully saturated rings. The van der Waals surface area contributed by atoms with Gasteiger partial charge < -0.3 is 53.8 Å². The largest absolute Gasteiger partial charge is 0.493 e. The summed E-state index contributed by atoms with van der Waals surface area (Å²) in [5.41, 5.74) is 3.66. The standard InChI is InChI=1S/C63H95N9O17S2.3O3S/c1-7-11-32-86-58-43-50(44-59(87-35-19-37-90(76,77)78)61(58)89-36-20-38-91(79,80)81)63(75)66-26-18-28-72-46-52(68-70-72)22-13-15-34-85-55-40-48(47(5)73)39-54(53(55)23-16-24-64-6)84-33-14-12-21-51-45-71(69-67-51)27-17-25-65-62(74)49-41-56(82-29-8-2)60(88-31-10-4)57(42-49)83-30-9-3;3*1-4(2)3/h39-46,64H,7-38H2,1-6H3,(H,65,74)(H,66,75)(H,76,77,78)(H,79,80,81);;;. The molecule has 40 heteroatoms. The molecule has 2 amide bonds. The Morgan fingerprint density at radius 2 is 0.767 bits per heavy atom. The van der Waals surface area contributed by atoms with Crippen molar-refractivity contribution in [1.29, 1.82) is 0 Å². The van der Waals surface area contributed by atoms with E-state index in [2.05, 4.69) is 36.6 Å². The first-order chi connectivity index (χ1) is 49.0. The monoisotopic (exact) mass is 1550 g/mol. The lowest BCUT2D eigenvalue weighted by Crippen LogP contribution is -2.25. The van der Waals surface area contributed by atoms with Crippen LogP contribution in [0, 0.1) is 0 Å². The van der Waals surface area contributed by atoms with E-state index in [4.69, 9.17) is 75.8 Å². The summed E-state index contributed by atoms with van der Waals surface area (Å²) >= 11 is 0. The van der Waals surface area contributed by atoms with Crippen LogP contribution in [0.15, 0.2) is 48.8 Å². The third kappa shape index (κ3) is 41.5. The van der Waals surface area contributed by atoms with Crippen molar-refractivity contribution in [3.63, 3.8) is 0 Å². The molecule has 0 saturated heterocycles. The molecule has 5 aromatic rings. The van der Waals surface area contributed by atoms with Crippen molar-refractivity contribution >= 4 is 69.7 Å². The first-order valence-electron chi connectivity index (χ1n) is 33.3. The van der Waals surface area contributed by atoms with Crippen molar-refractivity contribution < 1.29 is 116 Å². The number of ether oxygens (including phenoxy) is 8. The number of hydrogen-bond donors (Lipinski definition) is 5. The van der Waals surface area contributed by atoms with Crippen LogP contribution in [0.4, 0.5) is 0 Å². The summed E-state index contributed by atoms with van der Waals surface area (Å²) in [4.78, 5) is 39.6. The van der Waals surface area contributed by atoms with E-state index >= 15 is 0 Å². The first-order valence-corrected chi connectivity index (χ1v) is 39.5. The molecular weight excluding hydrogens is 1460 g/mol. The van der Waals surface area contributed by atoms with Gasteiger partial charge >= 0.3 is 31.8 Å². The van der Waals surface area contributed by atoms with E-state index in [0.717, 1.165) is 74.9 Å². The Labute approximate surface area is 604 Å². The van der Waals surface area contributed by atoms with Gasteiger partial charge in [-0.2, -0.15) is 16.8 Å². The van der Waals surface area contributed by atoms with Gasteiger partial charge in [-0.05, 0) is 160 Å². The molecule has 0 aliphatic heterocycles. The lowest BCUT2D eigenvalue weighted by molar-refractivity contribution is 0.0943. The predicted octanol–water partition coefficient (Wildman–Crippen LogP) is 5.51. The summed E-state index contributed by atoms with van der Waals surface area (Å²) < 4.78 is 192. The minimum absolute atomic E-state index is 0.0434. The Balaban J connectivity index is 0.00000278. The second-order valence-corrected chi connectivity index (χ2v) is 26.8. The van der Waals surface area contributed by atoms with Gasteiger partial charge in [0.05, 0.1) is 75.7 Å². The Kier molecular flexibility index (Phi) is 45.5. The van der Waals surface area contributed by atoms with Crippen LogP contribution in [-0.4, -0.2) is 202 Å². The van der Waals surface area contributed by atoms with Crippen LogP contribution in [0.1, 0.15) is 173 Å². The Morgan fingerprint density at radius 3 is 1.14 bits per heavy atom. The van der Waals surface area contributed by atoms with Gasteiger partial charge in [0.25, 0.3) is 32.1 Å². The van der Waals surface area contributed by atoms with Gasteiger partial charge in [0.1, 0.15) is 11.5 Å². The Morgan fingerprint density at radius 1 is 0.427 bits per heavy atom. The lowest BCUT2D eigenvalue weighted by atomic mass is 10.0. The number of carbonyl (C=O) groups is 3. The second kappa shape index (κ2) is 51.7. The van der Waals surface area contributed by atoms with Crippen molar-refractivity contribution in [1.82, 2.24) is 45.9 Å². The zero-order valence-corrected chi connectivity index (χ0v) is 62.7. The topological polar surface area (TPSA) is 485 Å². The molecule has 0 bridgehead atoms. The number of aryl methyl sites for hydroxylation is 4. The first kappa shape index (κ1) is 90.7. The molecule has 0 unspecified atom stereocenters. The van der Waals surface area contributed by atoms with Crippen LogP contribution in [0.3, 0.4) is 0 Å². The summed E-state index contributed by atoms with van der Waals surface area (Å²) in [6.45, 7) is 14.3. The van der Waals surface area contributed by atoms with Crippen LogP contribution in [0.5, 0.6) is 46.0 Å². The van der Waals surface area contributed by atoms with E-state index in [1.807, 2.05) is 53.2 Å². The molecule has 0 aliphatic rings. The zero-order valence-electron chi connectivity index (χ0n) is 58.7. The number of amides is 2. The summed E-state index contributed by atoms with van der Waals surface area (Å²) in [6, 6.07) is 9.92. The van der Waals surface area contributed by atoms with E-state index in [1.165, 1.54) is 19.1 Å². The van der Waals surface area contributed by atoms with E-state index in [0.29, 0.717) is 137 Å². The molecule has 0 atom stereocenters. The summed E-state index contributed by atoms with van der Waals surface area (Å²) in [5, 5.41) is 26.4. The molecule has 0 spiro atoms. The maximum atomic E-state index is 13.5. The SMILES string of the molecule is CCCCOc1cc(C(=O)NCCCn2cc(CCCCOc3cc(C(C)=O)cc(OCCCCc4cn(CCCNC(=O)c5cc(OCCC)c(OCCC)c(OCCC)c5)nn4)c3CCCNC)nn2)cc(OCCCS(=O)(=O)O)c1OCCCS(=O)(=O)O.O=S(=O)=O.O=S(=O)=O.O=S(=O)=O. The van der Waals surface area contributed by atoms with Crippen LogP contribution in [0.25, 0.3) is 0 Å². The molecule has 2 heterocycles. The normalized spacial score (nSPS) is 10.9. The third-order valence-electron chi connectivity index (χ3n) is 13.8. The van der Waals surface area contributed by atoms with Crippen molar-refractivity contribution in [2.24, 2.45) is 0 Å². The fourth-order valence-electron chi connectivity index (χ4n) is 9.09. The number of benzene rings is 3. The van der Waals surface area contributed by atoms with Gasteiger partial charge in [-0.3, -0.25) is 32.9 Å². The van der Waals surface area contributed by atoms with E-state index in [1.54, 1.807) is 27.6 Å². The molecule has 35 nitrogen and oxygen atoms in total. The average molecular weight is 1550 g/mol. The molecule has 0 radical (unpaired) electrons. The van der Waals surface area contributed by atoms with Gasteiger partial charge in [-0.15, -0.1) is 48.1 Å². The quantitative estimate of drug-likeness (QED) is 0.0182. The molecule has 578 valence electrons. The predicted molar refractivity (Wildman–Crippen MR) is 372 cm³/mol. The average Bonchev–Trinajstić information content (AvgIpc) is 1.26. The molecule has 3 aromatic carbocycles. The fourth-order valence-corrected chi connectivity index (χ4v) is 10.1. The highest BCUT2D eigenvalue weighted by Gasteiger charge is 2.23. The maximum absolute atomic E-state index is 13.5. The fraction of sp³-hybridized carbons (Fsp3) is 0.603. The lowest BCUT2D eigenvalue weighted by Gasteiger charge is -2.18. The minimum Gasteiger partial charge on any atom is -0.493 e. The number of hydrogen-bond acceptors (Lipinski definition) is 29. The maximum Gasteiger partial charge on any atom is 0.425 e. The molecule has 5 rings (SSSR count). The van der Waals surface area contributed by atoms with Gasteiger partial charge in [-0.1, -0.05) is 44.5 Å². The van der Waals surface area contributed by atoms with Crippen molar-refractivity contribution in [2.75, 3.05) is 91.0 Å². The number of carbonyl (C=O) groups excluding carboxylic acids is 3. The number of nitrogens with zero attached hydrogens (tertiary/aromatic N) is 6. The highest BCUT2D eigenvalue weighted by atomic mass is 32.2. The second-order valence-electron chi connectivity index (χ2n) is 22.4. The van der Waals surface area contributed by atoms with Crippen LogP contribution >= 0.6 is 0 Å². The Bertz CT molecular complexity index is 3880. The number of aromatic nitrogens is 6. The number of rotatable bonds is 50. The highest BCUT2D eigenvalue weighted by Crippen LogP contribution is 2.41. The van der Waals surface area contributed by atoms with Crippen molar-refractivity contribution in [3.8, 4) is 46.0 Å². The number of Topliss-reactive ketones (excluding diaryl/α,β-unsaturated/α-hetero) is 1. The summed E-state index contributed by atoms with van der Waals surface area (Å²) in [7, 11) is -15.9. The van der Waals surface area contributed by atoms with Gasteiger partial charge in [0.15, 0.2) is 28.8 Å².